The highest BCUT2D eigenvalue weighted by atomic mass is 32.1. The zero-order chi connectivity index (χ0) is 16.1. The Morgan fingerprint density at radius 2 is 1.17 bits per heavy atom. The number of ether oxygens (including phenoxy) is 1. The summed E-state index contributed by atoms with van der Waals surface area (Å²) < 4.78 is 5.51. The van der Waals surface area contributed by atoms with Crippen molar-refractivity contribution in [2.75, 3.05) is 7.11 Å². The molecule has 0 amide bonds. The molecular formula is C21H18OS. The first kappa shape index (κ1) is 15.4. The molecule has 0 aliphatic heterocycles. The van der Waals surface area contributed by atoms with Gasteiger partial charge in [0.2, 0.25) is 0 Å². The van der Waals surface area contributed by atoms with Gasteiger partial charge < -0.3 is 4.74 Å². The van der Waals surface area contributed by atoms with Gasteiger partial charge in [0.25, 0.3) is 0 Å². The fourth-order valence-electron chi connectivity index (χ4n) is 2.62. The third-order valence-corrected chi connectivity index (χ3v) is 4.19. The molecule has 0 heterocycles. The zero-order valence-corrected chi connectivity index (χ0v) is 13.8. The minimum atomic E-state index is 0.821. The summed E-state index contributed by atoms with van der Waals surface area (Å²) in [7, 11) is 1.69. The average Bonchev–Trinajstić information content (AvgIpc) is 2.63. The van der Waals surface area contributed by atoms with Crippen molar-refractivity contribution in [3.63, 3.8) is 0 Å². The van der Waals surface area contributed by atoms with Crippen LogP contribution in [0, 0.1) is 0 Å². The summed E-state index contributed by atoms with van der Waals surface area (Å²) in [5.41, 5.74) is 4.35. The topological polar surface area (TPSA) is 9.23 Å². The fourth-order valence-corrected chi connectivity index (χ4v) is 3.07. The van der Waals surface area contributed by atoms with Crippen molar-refractivity contribution in [2.24, 2.45) is 0 Å². The predicted octanol–water partition coefficient (Wildman–Crippen LogP) is 5.54. The molecule has 0 spiro atoms. The van der Waals surface area contributed by atoms with Crippen LogP contribution >= 0.6 is 12.6 Å². The minimum Gasteiger partial charge on any atom is -0.496 e. The fraction of sp³-hybridized carbons (Fsp3) is 0.0476. The normalized spacial score (nSPS) is 10.2. The molecular weight excluding hydrogens is 300 g/mol. The van der Waals surface area contributed by atoms with Crippen LogP contribution in [0.2, 0.25) is 0 Å². The number of hydrogen-bond acceptors (Lipinski definition) is 2. The van der Waals surface area contributed by atoms with Crippen molar-refractivity contribution in [1.82, 2.24) is 0 Å². The molecule has 3 aromatic rings. The highest BCUT2D eigenvalue weighted by Crippen LogP contribution is 2.37. The molecule has 0 N–H and O–H groups in total. The molecule has 0 radical (unpaired) electrons. The Morgan fingerprint density at radius 3 is 1.70 bits per heavy atom. The molecule has 23 heavy (non-hydrogen) atoms. The monoisotopic (exact) mass is 318 g/mol. The SMILES string of the molecule is COc1ccccc1C(S)=C(c1ccccc1)c1ccccc1. The highest BCUT2D eigenvalue weighted by molar-refractivity contribution is 7.90. The highest BCUT2D eigenvalue weighted by Gasteiger charge is 2.13. The van der Waals surface area contributed by atoms with Crippen LogP contribution in [0.4, 0.5) is 0 Å². The standard InChI is InChI=1S/C21H18OS/c1-22-19-15-9-8-14-18(19)21(23)20(16-10-4-2-5-11-16)17-12-6-3-7-13-17/h2-15,23H,1H3. The molecule has 0 aromatic heterocycles. The molecule has 0 saturated heterocycles. The number of thiol groups is 1. The molecule has 0 aliphatic carbocycles. The lowest BCUT2D eigenvalue weighted by Crippen LogP contribution is -1.94. The zero-order valence-electron chi connectivity index (χ0n) is 12.9. The molecule has 0 saturated carbocycles. The molecule has 0 fully saturated rings. The quantitative estimate of drug-likeness (QED) is 0.491. The molecule has 3 aromatic carbocycles. The van der Waals surface area contributed by atoms with E-state index < -0.39 is 0 Å². The number of hydrogen-bond donors (Lipinski definition) is 1. The summed E-state index contributed by atoms with van der Waals surface area (Å²) in [5.74, 6) is 0.821. The first-order chi connectivity index (χ1) is 11.3. The second kappa shape index (κ2) is 7.21. The third-order valence-electron chi connectivity index (χ3n) is 3.72. The van der Waals surface area contributed by atoms with E-state index in [-0.39, 0.29) is 0 Å². The van der Waals surface area contributed by atoms with E-state index in [2.05, 4.69) is 24.3 Å². The molecule has 1 nitrogen and oxygen atoms in total. The molecule has 3 rings (SSSR count). The van der Waals surface area contributed by atoms with Gasteiger partial charge in [-0.15, -0.1) is 12.6 Å². The summed E-state index contributed by atoms with van der Waals surface area (Å²) in [4.78, 5) is 0.903. The summed E-state index contributed by atoms with van der Waals surface area (Å²) in [5, 5.41) is 0. The van der Waals surface area contributed by atoms with E-state index in [1.165, 1.54) is 0 Å². The maximum Gasteiger partial charge on any atom is 0.127 e. The van der Waals surface area contributed by atoms with Crippen molar-refractivity contribution in [2.45, 2.75) is 0 Å². The number of rotatable bonds is 4. The Hall–Kier alpha value is -2.45. The van der Waals surface area contributed by atoms with Gasteiger partial charge in [-0.25, -0.2) is 0 Å². The van der Waals surface area contributed by atoms with E-state index in [4.69, 9.17) is 17.4 Å². The van der Waals surface area contributed by atoms with Crippen LogP contribution in [0.25, 0.3) is 10.5 Å². The Bertz CT molecular complexity index is 766. The summed E-state index contributed by atoms with van der Waals surface area (Å²) in [6, 6.07) is 28.6. The lowest BCUT2D eigenvalue weighted by Gasteiger charge is -2.15. The average molecular weight is 318 g/mol. The molecule has 0 atom stereocenters. The Morgan fingerprint density at radius 1 is 0.696 bits per heavy atom. The van der Waals surface area contributed by atoms with Crippen molar-refractivity contribution in [3.8, 4) is 5.75 Å². The predicted molar refractivity (Wildman–Crippen MR) is 101 cm³/mol. The largest absolute Gasteiger partial charge is 0.496 e. The van der Waals surface area contributed by atoms with Crippen LogP contribution in [-0.4, -0.2) is 7.11 Å². The van der Waals surface area contributed by atoms with Crippen molar-refractivity contribution >= 4 is 23.1 Å². The van der Waals surface area contributed by atoms with E-state index in [9.17, 15) is 0 Å². The second-order valence-corrected chi connectivity index (χ2v) is 5.60. The van der Waals surface area contributed by atoms with Crippen molar-refractivity contribution in [3.05, 3.63) is 102 Å². The van der Waals surface area contributed by atoms with Gasteiger partial charge in [-0.2, -0.15) is 0 Å². The molecule has 2 heteroatoms. The van der Waals surface area contributed by atoms with Gasteiger partial charge >= 0.3 is 0 Å². The van der Waals surface area contributed by atoms with E-state index >= 15 is 0 Å². The van der Waals surface area contributed by atoms with Crippen LogP contribution in [0.15, 0.2) is 84.9 Å². The van der Waals surface area contributed by atoms with Crippen LogP contribution in [0.5, 0.6) is 5.75 Å². The van der Waals surface area contributed by atoms with Gasteiger partial charge in [0.1, 0.15) is 5.75 Å². The van der Waals surface area contributed by atoms with Crippen LogP contribution in [-0.2, 0) is 0 Å². The summed E-state index contributed by atoms with van der Waals surface area (Å²) in [6.07, 6.45) is 0. The summed E-state index contributed by atoms with van der Waals surface area (Å²) >= 11 is 4.86. The minimum absolute atomic E-state index is 0.821. The van der Waals surface area contributed by atoms with Gasteiger partial charge in [-0.1, -0.05) is 78.9 Å². The van der Waals surface area contributed by atoms with Gasteiger partial charge in [0.05, 0.1) is 7.11 Å². The van der Waals surface area contributed by atoms with Crippen LogP contribution in [0.1, 0.15) is 16.7 Å². The Kier molecular flexibility index (Phi) is 4.84. The summed E-state index contributed by atoms with van der Waals surface area (Å²) in [6.45, 7) is 0. The smallest absolute Gasteiger partial charge is 0.127 e. The number of methoxy groups -OCH3 is 1. The van der Waals surface area contributed by atoms with Gasteiger partial charge in [-0.05, 0) is 17.2 Å². The number of benzene rings is 3. The van der Waals surface area contributed by atoms with Crippen molar-refractivity contribution in [1.29, 1.82) is 0 Å². The Labute approximate surface area is 142 Å². The van der Waals surface area contributed by atoms with Gasteiger partial charge in [0, 0.05) is 16.0 Å². The van der Waals surface area contributed by atoms with E-state index in [0.29, 0.717) is 0 Å². The van der Waals surface area contributed by atoms with Gasteiger partial charge in [-0.3, -0.25) is 0 Å². The first-order valence-corrected chi connectivity index (χ1v) is 7.93. The molecule has 0 unspecified atom stereocenters. The molecule has 0 bridgehead atoms. The Balaban J connectivity index is 2.26. The van der Waals surface area contributed by atoms with E-state index in [1.807, 2.05) is 60.7 Å². The third kappa shape index (κ3) is 3.33. The van der Waals surface area contributed by atoms with E-state index in [1.54, 1.807) is 7.11 Å². The van der Waals surface area contributed by atoms with Crippen LogP contribution in [0.3, 0.4) is 0 Å². The maximum absolute atomic E-state index is 5.51. The van der Waals surface area contributed by atoms with Crippen molar-refractivity contribution < 1.29 is 4.74 Å². The van der Waals surface area contributed by atoms with Crippen LogP contribution < -0.4 is 4.74 Å². The lowest BCUT2D eigenvalue weighted by atomic mass is 9.95. The maximum atomic E-state index is 5.51. The second-order valence-electron chi connectivity index (χ2n) is 5.16. The molecule has 0 aliphatic rings. The lowest BCUT2D eigenvalue weighted by molar-refractivity contribution is 0.414. The van der Waals surface area contributed by atoms with E-state index in [0.717, 1.165) is 32.9 Å². The molecule has 114 valence electrons. The van der Waals surface area contributed by atoms with Gasteiger partial charge in [0.15, 0.2) is 0 Å². The first-order valence-electron chi connectivity index (χ1n) is 7.48. The number of para-hydroxylation sites is 1.